The zero-order valence-corrected chi connectivity index (χ0v) is 26.9. The molecular formula is C34H66N2O5. The number of carbonyl (C=O) groups is 3. The summed E-state index contributed by atoms with van der Waals surface area (Å²) in [5.74, 6) is -1.31. The van der Waals surface area contributed by atoms with Crippen LogP contribution in [0.25, 0.3) is 0 Å². The summed E-state index contributed by atoms with van der Waals surface area (Å²) in [5.41, 5.74) is 5.45. The highest BCUT2D eigenvalue weighted by molar-refractivity contribution is 5.83. The maximum absolute atomic E-state index is 12.5. The summed E-state index contributed by atoms with van der Waals surface area (Å²) < 4.78 is 5.86. The van der Waals surface area contributed by atoms with Crippen LogP contribution in [0.3, 0.4) is 0 Å². The SMILES string of the molecule is CCCCCCCCCCCCCCCCC(=O)OC(CCCCC)CCCCCC(=O)NC(CCCN)C(=O)O. The molecule has 0 aromatic heterocycles. The Morgan fingerprint density at radius 2 is 1.05 bits per heavy atom. The number of amides is 1. The van der Waals surface area contributed by atoms with Gasteiger partial charge in [0.15, 0.2) is 0 Å². The minimum Gasteiger partial charge on any atom is -0.480 e. The van der Waals surface area contributed by atoms with Crippen LogP contribution in [-0.4, -0.2) is 41.6 Å². The first-order chi connectivity index (χ1) is 19.9. The Kier molecular flexibility index (Phi) is 28.7. The number of rotatable bonds is 31. The Morgan fingerprint density at radius 3 is 1.56 bits per heavy atom. The molecule has 0 aliphatic carbocycles. The van der Waals surface area contributed by atoms with Crippen molar-refractivity contribution in [2.45, 2.75) is 193 Å². The lowest BCUT2D eigenvalue weighted by atomic mass is 10.0. The van der Waals surface area contributed by atoms with Crippen LogP contribution in [0, 0.1) is 0 Å². The maximum Gasteiger partial charge on any atom is 0.326 e. The van der Waals surface area contributed by atoms with Crippen LogP contribution in [-0.2, 0) is 19.1 Å². The van der Waals surface area contributed by atoms with E-state index in [0.29, 0.717) is 38.6 Å². The fourth-order valence-corrected chi connectivity index (χ4v) is 5.27. The van der Waals surface area contributed by atoms with Crippen LogP contribution < -0.4 is 11.1 Å². The molecule has 2 unspecified atom stereocenters. The molecule has 2 atom stereocenters. The van der Waals surface area contributed by atoms with Gasteiger partial charge in [-0.15, -0.1) is 0 Å². The van der Waals surface area contributed by atoms with Crippen LogP contribution in [0.15, 0.2) is 0 Å². The summed E-state index contributed by atoms with van der Waals surface area (Å²) >= 11 is 0. The van der Waals surface area contributed by atoms with Gasteiger partial charge in [-0.25, -0.2) is 4.79 Å². The van der Waals surface area contributed by atoms with Gasteiger partial charge in [-0.1, -0.05) is 117 Å². The van der Waals surface area contributed by atoms with Crippen molar-refractivity contribution in [3.63, 3.8) is 0 Å². The fraction of sp³-hybridized carbons (Fsp3) is 0.912. The van der Waals surface area contributed by atoms with E-state index in [1.165, 1.54) is 77.0 Å². The number of hydrogen-bond acceptors (Lipinski definition) is 5. The van der Waals surface area contributed by atoms with Crippen molar-refractivity contribution in [1.29, 1.82) is 0 Å². The molecule has 0 saturated heterocycles. The summed E-state index contributed by atoms with van der Waals surface area (Å²) in [7, 11) is 0. The summed E-state index contributed by atoms with van der Waals surface area (Å²) in [5, 5.41) is 11.8. The second-order valence-electron chi connectivity index (χ2n) is 11.9. The van der Waals surface area contributed by atoms with E-state index >= 15 is 0 Å². The smallest absolute Gasteiger partial charge is 0.326 e. The van der Waals surface area contributed by atoms with E-state index in [4.69, 9.17) is 10.5 Å². The fourth-order valence-electron chi connectivity index (χ4n) is 5.27. The summed E-state index contributed by atoms with van der Waals surface area (Å²) in [6, 6.07) is -0.867. The van der Waals surface area contributed by atoms with Gasteiger partial charge in [-0.05, 0) is 57.9 Å². The number of ether oxygens (including phenoxy) is 1. The second kappa shape index (κ2) is 29.8. The lowest BCUT2D eigenvalue weighted by Crippen LogP contribution is -2.40. The number of unbranched alkanes of at least 4 members (excludes halogenated alkanes) is 17. The first-order valence-electron chi connectivity index (χ1n) is 17.4. The number of nitrogens with one attached hydrogen (secondary N) is 1. The molecule has 0 aliphatic heterocycles. The molecule has 7 nitrogen and oxygen atoms in total. The minimum absolute atomic E-state index is 0.0397. The molecule has 0 aromatic carbocycles. The van der Waals surface area contributed by atoms with Gasteiger partial charge in [0.25, 0.3) is 0 Å². The van der Waals surface area contributed by atoms with Gasteiger partial charge >= 0.3 is 11.9 Å². The lowest BCUT2D eigenvalue weighted by molar-refractivity contribution is -0.150. The van der Waals surface area contributed by atoms with E-state index in [1.807, 2.05) is 0 Å². The molecule has 0 aliphatic rings. The molecule has 0 aromatic rings. The predicted molar refractivity (Wildman–Crippen MR) is 170 cm³/mol. The maximum atomic E-state index is 12.5. The van der Waals surface area contributed by atoms with Crippen LogP contribution in [0.5, 0.6) is 0 Å². The Labute approximate surface area is 252 Å². The predicted octanol–water partition coefficient (Wildman–Crippen LogP) is 8.61. The normalized spacial score (nSPS) is 12.7. The Morgan fingerprint density at radius 1 is 0.610 bits per heavy atom. The third kappa shape index (κ3) is 27.0. The zero-order chi connectivity index (χ0) is 30.4. The first kappa shape index (κ1) is 39.4. The van der Waals surface area contributed by atoms with Crippen molar-refractivity contribution in [1.82, 2.24) is 5.32 Å². The molecule has 0 rings (SSSR count). The van der Waals surface area contributed by atoms with Crippen LogP contribution in [0.4, 0.5) is 0 Å². The van der Waals surface area contributed by atoms with E-state index in [-0.39, 0.29) is 18.0 Å². The molecule has 0 bridgehead atoms. The molecule has 0 fully saturated rings. The number of nitrogens with two attached hydrogens (primary N) is 1. The molecule has 0 spiro atoms. The third-order valence-electron chi connectivity index (χ3n) is 7.92. The van der Waals surface area contributed by atoms with Crippen molar-refractivity contribution < 1.29 is 24.2 Å². The number of carboxylic acids is 1. The summed E-state index contributed by atoms with van der Waals surface area (Å²) in [6.45, 7) is 4.85. The third-order valence-corrected chi connectivity index (χ3v) is 7.92. The van der Waals surface area contributed by atoms with Crippen molar-refractivity contribution in [2.75, 3.05) is 6.54 Å². The molecule has 0 radical (unpaired) electrons. The molecule has 41 heavy (non-hydrogen) atoms. The first-order valence-corrected chi connectivity index (χ1v) is 17.4. The number of carbonyl (C=O) groups excluding carboxylic acids is 2. The Hall–Kier alpha value is -1.63. The van der Waals surface area contributed by atoms with E-state index in [1.54, 1.807) is 0 Å². The van der Waals surface area contributed by atoms with Crippen molar-refractivity contribution in [2.24, 2.45) is 5.73 Å². The molecule has 0 heterocycles. The molecule has 4 N–H and O–H groups in total. The average Bonchev–Trinajstić information content (AvgIpc) is 2.95. The Balaban J connectivity index is 3.98. The lowest BCUT2D eigenvalue weighted by Gasteiger charge is -2.18. The molecule has 242 valence electrons. The average molecular weight is 583 g/mol. The molecular weight excluding hydrogens is 516 g/mol. The topological polar surface area (TPSA) is 119 Å². The highest BCUT2D eigenvalue weighted by atomic mass is 16.5. The van der Waals surface area contributed by atoms with Gasteiger partial charge in [0.2, 0.25) is 5.91 Å². The van der Waals surface area contributed by atoms with E-state index in [9.17, 15) is 19.5 Å². The second-order valence-corrected chi connectivity index (χ2v) is 11.9. The van der Waals surface area contributed by atoms with Gasteiger partial charge in [0, 0.05) is 12.8 Å². The van der Waals surface area contributed by atoms with E-state index in [2.05, 4.69) is 19.2 Å². The molecule has 1 amide bonds. The molecule has 7 heteroatoms. The number of hydrogen-bond donors (Lipinski definition) is 3. The van der Waals surface area contributed by atoms with Gasteiger partial charge in [0.05, 0.1) is 0 Å². The summed E-state index contributed by atoms with van der Waals surface area (Å²) in [4.78, 5) is 35.9. The van der Waals surface area contributed by atoms with Gasteiger partial charge < -0.3 is 20.9 Å². The molecule has 0 saturated carbocycles. The highest BCUT2D eigenvalue weighted by Crippen LogP contribution is 2.17. The van der Waals surface area contributed by atoms with Crippen LogP contribution in [0.2, 0.25) is 0 Å². The van der Waals surface area contributed by atoms with E-state index in [0.717, 1.165) is 57.8 Å². The van der Waals surface area contributed by atoms with Crippen molar-refractivity contribution in [3.8, 4) is 0 Å². The van der Waals surface area contributed by atoms with Crippen LogP contribution >= 0.6 is 0 Å². The summed E-state index contributed by atoms with van der Waals surface area (Å²) in [6.07, 6.45) is 27.4. The standard InChI is InChI=1S/C34H66N2O5/c1-3-5-7-8-9-10-11-12-13-14-15-16-17-22-28-33(38)41-30(24-19-6-4-2)25-20-18-21-27-32(37)36-31(34(39)40)26-23-29-35/h30-31H,3-29,35H2,1-2H3,(H,36,37)(H,39,40). The van der Waals surface area contributed by atoms with E-state index < -0.39 is 12.0 Å². The number of esters is 1. The zero-order valence-electron chi connectivity index (χ0n) is 26.9. The monoisotopic (exact) mass is 582 g/mol. The number of carboxylic acid groups (broad SMARTS) is 1. The van der Waals surface area contributed by atoms with Gasteiger partial charge in [-0.2, -0.15) is 0 Å². The number of aliphatic carboxylic acids is 1. The van der Waals surface area contributed by atoms with Gasteiger partial charge in [-0.3, -0.25) is 9.59 Å². The highest BCUT2D eigenvalue weighted by Gasteiger charge is 2.19. The largest absolute Gasteiger partial charge is 0.480 e. The van der Waals surface area contributed by atoms with Crippen molar-refractivity contribution >= 4 is 17.8 Å². The minimum atomic E-state index is -1.02. The van der Waals surface area contributed by atoms with Crippen LogP contribution in [0.1, 0.15) is 181 Å². The van der Waals surface area contributed by atoms with Gasteiger partial charge in [0.1, 0.15) is 12.1 Å². The quantitative estimate of drug-likeness (QED) is 0.0556. The van der Waals surface area contributed by atoms with Crippen molar-refractivity contribution in [3.05, 3.63) is 0 Å². The Bertz CT molecular complexity index is 628.